The fourth-order valence-corrected chi connectivity index (χ4v) is 4.53. The molecule has 15 heavy (non-hydrogen) atoms. The molecule has 0 aromatic rings. The van der Waals surface area contributed by atoms with Crippen molar-refractivity contribution in [2.45, 2.75) is 38.1 Å². The minimum absolute atomic E-state index is 0.0220. The number of nitrogens with two attached hydrogens (primary N) is 1. The van der Waals surface area contributed by atoms with E-state index in [1.165, 1.54) is 20.0 Å². The van der Waals surface area contributed by atoms with Crippen molar-refractivity contribution in [1.29, 1.82) is 0 Å². The lowest BCUT2D eigenvalue weighted by atomic mass is 9.48. The van der Waals surface area contributed by atoms with Crippen LogP contribution in [0, 0.1) is 23.2 Å². The van der Waals surface area contributed by atoms with E-state index in [9.17, 15) is 4.79 Å². The fraction of sp³-hybridized carbons (Fsp3) is 0.917. The number of esters is 1. The number of rotatable bonds is 1. The van der Waals surface area contributed by atoms with Crippen LogP contribution in [0.15, 0.2) is 0 Å². The fourth-order valence-electron chi connectivity index (χ4n) is 4.53. The zero-order chi connectivity index (χ0) is 10.6. The Morgan fingerprint density at radius 1 is 1.27 bits per heavy atom. The van der Waals surface area contributed by atoms with Crippen LogP contribution in [0.5, 0.6) is 0 Å². The van der Waals surface area contributed by atoms with Crippen LogP contribution < -0.4 is 5.73 Å². The van der Waals surface area contributed by atoms with Crippen LogP contribution in [0.4, 0.5) is 0 Å². The second-order valence-electron chi connectivity index (χ2n) is 5.82. The van der Waals surface area contributed by atoms with Crippen LogP contribution in [0.1, 0.15) is 32.1 Å². The summed E-state index contributed by atoms with van der Waals surface area (Å²) in [4.78, 5) is 11.9. The van der Waals surface area contributed by atoms with Gasteiger partial charge < -0.3 is 10.5 Å². The highest BCUT2D eigenvalue weighted by molar-refractivity contribution is 5.77. The van der Waals surface area contributed by atoms with Crippen LogP contribution in [0.2, 0.25) is 0 Å². The third kappa shape index (κ3) is 1.19. The molecule has 0 amide bonds. The van der Waals surface area contributed by atoms with Gasteiger partial charge >= 0.3 is 5.97 Å². The van der Waals surface area contributed by atoms with E-state index in [2.05, 4.69) is 0 Å². The average Bonchev–Trinajstić information content (AvgIpc) is 2.23. The first kappa shape index (κ1) is 9.64. The summed E-state index contributed by atoms with van der Waals surface area (Å²) < 4.78 is 4.99. The first-order valence-corrected chi connectivity index (χ1v) is 5.98. The van der Waals surface area contributed by atoms with Crippen molar-refractivity contribution >= 4 is 5.97 Å². The first-order valence-electron chi connectivity index (χ1n) is 5.98. The lowest BCUT2D eigenvalue weighted by molar-refractivity contribution is -0.169. The normalized spacial score (nSPS) is 51.9. The quantitative estimate of drug-likeness (QED) is 0.662. The Kier molecular flexibility index (Phi) is 1.91. The second-order valence-corrected chi connectivity index (χ2v) is 5.82. The predicted molar refractivity (Wildman–Crippen MR) is 56.0 cm³/mol. The van der Waals surface area contributed by atoms with Gasteiger partial charge in [-0.1, -0.05) is 0 Å². The zero-order valence-corrected chi connectivity index (χ0v) is 9.24. The summed E-state index contributed by atoms with van der Waals surface area (Å²) in [6.45, 7) is 0. The van der Waals surface area contributed by atoms with Crippen LogP contribution in [-0.4, -0.2) is 19.1 Å². The molecular formula is C12H19NO2. The molecule has 0 aromatic heterocycles. The third-order valence-corrected chi connectivity index (χ3v) is 4.96. The Hall–Kier alpha value is -0.570. The summed E-state index contributed by atoms with van der Waals surface area (Å²) in [5.41, 5.74) is 6.06. The lowest BCUT2D eigenvalue weighted by Gasteiger charge is -2.57. The summed E-state index contributed by atoms with van der Waals surface area (Å²) in [6, 6.07) is 0.347. The van der Waals surface area contributed by atoms with Gasteiger partial charge in [-0.15, -0.1) is 0 Å². The number of ether oxygens (including phenoxy) is 1. The number of hydrogen-bond acceptors (Lipinski definition) is 3. The molecule has 4 unspecified atom stereocenters. The molecule has 3 heteroatoms. The zero-order valence-electron chi connectivity index (χ0n) is 9.24. The van der Waals surface area contributed by atoms with Gasteiger partial charge in [0.05, 0.1) is 12.5 Å². The van der Waals surface area contributed by atoms with Crippen molar-refractivity contribution < 1.29 is 9.53 Å². The van der Waals surface area contributed by atoms with E-state index in [4.69, 9.17) is 10.5 Å². The van der Waals surface area contributed by atoms with Crippen molar-refractivity contribution in [3.05, 3.63) is 0 Å². The molecule has 0 saturated heterocycles. The monoisotopic (exact) mass is 209 g/mol. The summed E-state index contributed by atoms with van der Waals surface area (Å²) in [6.07, 6.45) is 5.51. The highest BCUT2D eigenvalue weighted by Gasteiger charge is 2.58. The smallest absolute Gasteiger partial charge is 0.311 e. The van der Waals surface area contributed by atoms with E-state index in [0.29, 0.717) is 17.9 Å². The maximum Gasteiger partial charge on any atom is 0.311 e. The van der Waals surface area contributed by atoms with E-state index in [1.54, 1.807) is 0 Å². The highest BCUT2D eigenvalue weighted by Crippen LogP contribution is 2.59. The van der Waals surface area contributed by atoms with Crippen molar-refractivity contribution in [3.63, 3.8) is 0 Å². The molecule has 5 atom stereocenters. The summed E-state index contributed by atoms with van der Waals surface area (Å²) in [7, 11) is 1.51. The van der Waals surface area contributed by atoms with E-state index in [0.717, 1.165) is 25.2 Å². The molecule has 0 aromatic carbocycles. The number of hydrogen-bond donors (Lipinski definition) is 1. The molecule has 4 saturated carbocycles. The molecule has 0 spiro atoms. The topological polar surface area (TPSA) is 52.3 Å². The van der Waals surface area contributed by atoms with Gasteiger partial charge in [-0.3, -0.25) is 4.79 Å². The third-order valence-electron chi connectivity index (χ3n) is 4.96. The molecule has 4 aliphatic carbocycles. The standard InChI is InChI=1S/C12H19NO2/c1-15-11(14)12-4-7-2-8(5-12)10(13)9(3-7)6-12/h7-10H,2-6,13H2,1H3/t7?,8-,9?,10?,12?/m1/s1. The lowest BCUT2D eigenvalue weighted by Crippen LogP contribution is -2.59. The van der Waals surface area contributed by atoms with E-state index in [1.807, 2.05) is 0 Å². The molecule has 0 aliphatic heterocycles. The van der Waals surface area contributed by atoms with Crippen molar-refractivity contribution in [1.82, 2.24) is 0 Å². The molecule has 4 aliphatic rings. The highest BCUT2D eigenvalue weighted by atomic mass is 16.5. The Morgan fingerprint density at radius 2 is 1.87 bits per heavy atom. The van der Waals surface area contributed by atoms with Crippen LogP contribution in [0.25, 0.3) is 0 Å². The Labute approximate surface area is 90.4 Å². The molecule has 4 rings (SSSR count). The van der Waals surface area contributed by atoms with E-state index < -0.39 is 0 Å². The molecular weight excluding hydrogens is 190 g/mol. The van der Waals surface area contributed by atoms with Crippen molar-refractivity contribution in [2.75, 3.05) is 7.11 Å². The van der Waals surface area contributed by atoms with E-state index in [-0.39, 0.29) is 11.4 Å². The van der Waals surface area contributed by atoms with Gasteiger partial charge in [0.2, 0.25) is 0 Å². The van der Waals surface area contributed by atoms with Crippen molar-refractivity contribution in [3.8, 4) is 0 Å². The van der Waals surface area contributed by atoms with Crippen LogP contribution >= 0.6 is 0 Å². The molecule has 0 radical (unpaired) electrons. The summed E-state index contributed by atoms with van der Waals surface area (Å²) in [5, 5.41) is 0. The maximum atomic E-state index is 11.9. The molecule has 0 heterocycles. The minimum Gasteiger partial charge on any atom is -0.469 e. The first-order chi connectivity index (χ1) is 7.14. The summed E-state index contributed by atoms with van der Waals surface area (Å²) in [5.74, 6) is 1.92. The predicted octanol–water partition coefficient (Wildman–Crippen LogP) is 1.31. The maximum absolute atomic E-state index is 11.9. The van der Waals surface area contributed by atoms with Gasteiger partial charge in [0.25, 0.3) is 0 Å². The molecule has 4 fully saturated rings. The van der Waals surface area contributed by atoms with Gasteiger partial charge in [-0.05, 0) is 49.9 Å². The minimum atomic E-state index is -0.152. The largest absolute Gasteiger partial charge is 0.469 e. The van der Waals surface area contributed by atoms with Gasteiger partial charge in [-0.25, -0.2) is 0 Å². The SMILES string of the molecule is COC(=O)C12CC3CC(C1)C(N)[C@H](C3)C2. The molecule has 84 valence electrons. The van der Waals surface area contributed by atoms with Crippen LogP contribution in [-0.2, 0) is 9.53 Å². The number of carbonyl (C=O) groups excluding carboxylic acids is 1. The average molecular weight is 209 g/mol. The van der Waals surface area contributed by atoms with Crippen LogP contribution in [0.3, 0.4) is 0 Å². The second kappa shape index (κ2) is 2.97. The molecule has 4 bridgehead atoms. The van der Waals surface area contributed by atoms with Gasteiger partial charge in [0, 0.05) is 6.04 Å². The number of methoxy groups -OCH3 is 1. The molecule has 2 N–H and O–H groups in total. The summed E-state index contributed by atoms with van der Waals surface area (Å²) >= 11 is 0. The Bertz CT molecular complexity index is 286. The Balaban J connectivity index is 1.92. The van der Waals surface area contributed by atoms with Crippen molar-refractivity contribution in [2.24, 2.45) is 28.9 Å². The van der Waals surface area contributed by atoms with E-state index >= 15 is 0 Å². The number of carbonyl (C=O) groups is 1. The van der Waals surface area contributed by atoms with Gasteiger partial charge in [0.1, 0.15) is 0 Å². The Morgan fingerprint density at radius 3 is 2.40 bits per heavy atom. The van der Waals surface area contributed by atoms with Gasteiger partial charge in [-0.2, -0.15) is 0 Å². The molecule has 3 nitrogen and oxygen atoms in total. The van der Waals surface area contributed by atoms with Gasteiger partial charge in [0.15, 0.2) is 0 Å².